The number of likely N-dealkylation sites (tertiary alicyclic amines) is 1. The van der Waals surface area contributed by atoms with Gasteiger partial charge in [0.1, 0.15) is 6.04 Å². The normalized spacial score (nSPS) is 26.9. The first kappa shape index (κ1) is 14.3. The molecule has 3 N–H and O–H groups in total. The van der Waals surface area contributed by atoms with Crippen LogP contribution < -0.4 is 10.6 Å². The number of carbonyl (C=O) groups is 4. The molecule has 0 aliphatic carbocycles. The highest BCUT2D eigenvalue weighted by molar-refractivity contribution is 6.01. The third kappa shape index (κ3) is 3.25. The second kappa shape index (κ2) is 5.89. The zero-order chi connectivity index (χ0) is 14.7. The molecule has 2 saturated heterocycles. The molecule has 2 atom stereocenters. The number of piperidine rings is 2. The Hall–Kier alpha value is -2.12. The summed E-state index contributed by atoms with van der Waals surface area (Å²) in [7, 11) is 0. The number of hydrogen-bond donors (Lipinski definition) is 3. The summed E-state index contributed by atoms with van der Waals surface area (Å²) in [4.78, 5) is 46.9. The Kier molecular flexibility index (Phi) is 4.21. The number of amides is 4. The van der Waals surface area contributed by atoms with Crippen molar-refractivity contribution in [1.82, 2.24) is 15.5 Å². The van der Waals surface area contributed by atoms with Crippen molar-refractivity contribution >= 4 is 23.8 Å². The lowest BCUT2D eigenvalue weighted by Crippen LogP contribution is -2.56. The van der Waals surface area contributed by atoms with Crippen LogP contribution in [0.2, 0.25) is 0 Å². The van der Waals surface area contributed by atoms with Crippen molar-refractivity contribution in [2.75, 3.05) is 13.1 Å². The van der Waals surface area contributed by atoms with Crippen molar-refractivity contribution in [1.29, 1.82) is 0 Å². The van der Waals surface area contributed by atoms with Gasteiger partial charge in [-0.2, -0.15) is 0 Å². The summed E-state index contributed by atoms with van der Waals surface area (Å²) >= 11 is 0. The number of imide groups is 1. The number of hydrogen-bond acceptors (Lipinski definition) is 4. The average molecular weight is 283 g/mol. The smallest absolute Gasteiger partial charge is 0.318 e. The summed E-state index contributed by atoms with van der Waals surface area (Å²) in [6.45, 7) is 0.622. The monoisotopic (exact) mass is 283 g/mol. The molecule has 2 rings (SSSR count). The highest BCUT2D eigenvalue weighted by Gasteiger charge is 2.32. The van der Waals surface area contributed by atoms with Crippen LogP contribution in [0.4, 0.5) is 4.79 Å². The molecule has 0 saturated carbocycles. The molecular formula is C12H17N3O5. The fourth-order valence-corrected chi connectivity index (χ4v) is 2.43. The lowest BCUT2D eigenvalue weighted by Gasteiger charge is -2.32. The van der Waals surface area contributed by atoms with Crippen LogP contribution in [0.1, 0.15) is 25.7 Å². The Morgan fingerprint density at radius 2 is 2.05 bits per heavy atom. The van der Waals surface area contributed by atoms with Crippen LogP contribution in [0.15, 0.2) is 0 Å². The van der Waals surface area contributed by atoms with Crippen molar-refractivity contribution in [3.63, 3.8) is 0 Å². The fraction of sp³-hybridized carbons (Fsp3) is 0.667. The van der Waals surface area contributed by atoms with Crippen molar-refractivity contribution in [3.05, 3.63) is 0 Å². The molecular weight excluding hydrogens is 266 g/mol. The Bertz CT molecular complexity index is 450. The van der Waals surface area contributed by atoms with Gasteiger partial charge in [0.2, 0.25) is 11.8 Å². The van der Waals surface area contributed by atoms with Crippen molar-refractivity contribution in [2.45, 2.75) is 31.7 Å². The average Bonchev–Trinajstić information content (AvgIpc) is 2.42. The highest BCUT2D eigenvalue weighted by Crippen LogP contribution is 2.17. The number of rotatable bonds is 2. The van der Waals surface area contributed by atoms with E-state index >= 15 is 0 Å². The zero-order valence-electron chi connectivity index (χ0n) is 10.9. The predicted octanol–water partition coefficient (Wildman–Crippen LogP) is -0.702. The maximum absolute atomic E-state index is 12.0. The van der Waals surface area contributed by atoms with Gasteiger partial charge < -0.3 is 15.3 Å². The second-order valence-electron chi connectivity index (χ2n) is 5.08. The van der Waals surface area contributed by atoms with E-state index in [1.54, 1.807) is 0 Å². The van der Waals surface area contributed by atoms with Crippen LogP contribution in [0.3, 0.4) is 0 Å². The third-order valence-corrected chi connectivity index (χ3v) is 3.59. The van der Waals surface area contributed by atoms with Crippen LogP contribution in [-0.2, 0) is 14.4 Å². The lowest BCUT2D eigenvalue weighted by atomic mass is 9.98. The van der Waals surface area contributed by atoms with E-state index in [2.05, 4.69) is 10.6 Å². The quantitative estimate of drug-likeness (QED) is 0.579. The van der Waals surface area contributed by atoms with Gasteiger partial charge >= 0.3 is 12.0 Å². The number of nitrogens with one attached hydrogen (secondary N) is 2. The van der Waals surface area contributed by atoms with Gasteiger partial charge in [0.15, 0.2) is 0 Å². The van der Waals surface area contributed by atoms with Gasteiger partial charge in [-0.25, -0.2) is 4.79 Å². The largest absolute Gasteiger partial charge is 0.481 e. The molecule has 2 fully saturated rings. The van der Waals surface area contributed by atoms with Crippen LogP contribution >= 0.6 is 0 Å². The second-order valence-corrected chi connectivity index (χ2v) is 5.08. The fourth-order valence-electron chi connectivity index (χ4n) is 2.43. The summed E-state index contributed by atoms with van der Waals surface area (Å²) in [6, 6.07) is -1.18. The lowest BCUT2D eigenvalue weighted by molar-refractivity contribution is -0.143. The first-order valence-corrected chi connectivity index (χ1v) is 6.59. The van der Waals surface area contributed by atoms with Crippen LogP contribution in [0.25, 0.3) is 0 Å². The summed E-state index contributed by atoms with van der Waals surface area (Å²) in [5.74, 6) is -2.33. The number of carbonyl (C=O) groups excluding carboxylic acids is 3. The van der Waals surface area contributed by atoms with Gasteiger partial charge in [0.25, 0.3) is 0 Å². The molecule has 2 aliphatic heterocycles. The van der Waals surface area contributed by atoms with Crippen LogP contribution in [-0.4, -0.2) is 53.0 Å². The predicted molar refractivity (Wildman–Crippen MR) is 66.6 cm³/mol. The topological polar surface area (TPSA) is 116 Å². The molecule has 0 spiro atoms. The molecule has 0 aromatic carbocycles. The number of aliphatic carboxylic acids is 1. The molecule has 0 radical (unpaired) electrons. The molecule has 4 amide bonds. The zero-order valence-corrected chi connectivity index (χ0v) is 10.9. The summed E-state index contributed by atoms with van der Waals surface area (Å²) in [5, 5.41) is 13.7. The molecule has 0 bridgehead atoms. The van der Waals surface area contributed by atoms with E-state index in [-0.39, 0.29) is 25.3 Å². The number of nitrogens with zero attached hydrogens (tertiary/aromatic N) is 1. The summed E-state index contributed by atoms with van der Waals surface area (Å²) in [6.07, 6.45) is 1.64. The van der Waals surface area contributed by atoms with Crippen molar-refractivity contribution in [2.24, 2.45) is 5.92 Å². The van der Waals surface area contributed by atoms with Gasteiger partial charge in [-0.15, -0.1) is 0 Å². The standard InChI is InChI=1S/C12H17N3O5/c16-9-4-3-8(10(17)14-9)13-12(20)15-5-1-2-7(6-15)11(18)19/h7-8H,1-6H2,(H,13,20)(H,18,19)(H,14,16,17)/t7-,8?/m1/s1. The van der Waals surface area contributed by atoms with E-state index in [0.717, 1.165) is 0 Å². The van der Waals surface area contributed by atoms with Gasteiger partial charge in [-0.1, -0.05) is 0 Å². The molecule has 8 heteroatoms. The van der Waals surface area contributed by atoms with Gasteiger partial charge in [-0.3, -0.25) is 19.7 Å². The Morgan fingerprint density at radius 1 is 1.30 bits per heavy atom. The minimum absolute atomic E-state index is 0.147. The third-order valence-electron chi connectivity index (χ3n) is 3.59. The highest BCUT2D eigenvalue weighted by atomic mass is 16.4. The van der Waals surface area contributed by atoms with Crippen molar-refractivity contribution < 1.29 is 24.3 Å². The van der Waals surface area contributed by atoms with Gasteiger partial charge in [0.05, 0.1) is 5.92 Å². The molecule has 20 heavy (non-hydrogen) atoms. The minimum atomic E-state index is -0.913. The van der Waals surface area contributed by atoms with Gasteiger partial charge in [0, 0.05) is 19.5 Å². The first-order chi connectivity index (χ1) is 9.47. The molecule has 2 heterocycles. The van der Waals surface area contributed by atoms with E-state index in [0.29, 0.717) is 19.4 Å². The van der Waals surface area contributed by atoms with E-state index < -0.39 is 29.9 Å². The Morgan fingerprint density at radius 3 is 2.70 bits per heavy atom. The summed E-state index contributed by atoms with van der Waals surface area (Å²) < 4.78 is 0. The molecule has 2 aliphatic rings. The van der Waals surface area contributed by atoms with E-state index in [1.807, 2.05) is 0 Å². The molecule has 0 aromatic heterocycles. The minimum Gasteiger partial charge on any atom is -0.481 e. The van der Waals surface area contributed by atoms with Crippen LogP contribution in [0, 0.1) is 5.92 Å². The maximum Gasteiger partial charge on any atom is 0.318 e. The van der Waals surface area contributed by atoms with E-state index in [1.165, 1.54) is 4.90 Å². The molecule has 1 unspecified atom stereocenters. The molecule has 8 nitrogen and oxygen atoms in total. The van der Waals surface area contributed by atoms with E-state index in [9.17, 15) is 19.2 Å². The first-order valence-electron chi connectivity index (χ1n) is 6.59. The maximum atomic E-state index is 12.0. The van der Waals surface area contributed by atoms with E-state index in [4.69, 9.17) is 5.11 Å². The molecule has 0 aromatic rings. The number of carboxylic acid groups (broad SMARTS) is 1. The Labute approximate surface area is 115 Å². The van der Waals surface area contributed by atoms with Gasteiger partial charge in [-0.05, 0) is 19.3 Å². The summed E-state index contributed by atoms with van der Waals surface area (Å²) in [5.41, 5.74) is 0. The SMILES string of the molecule is O=C1CCC(NC(=O)N2CCC[C@@H](C(=O)O)C2)C(=O)N1. The van der Waals surface area contributed by atoms with Crippen LogP contribution in [0.5, 0.6) is 0 Å². The van der Waals surface area contributed by atoms with Crippen molar-refractivity contribution in [3.8, 4) is 0 Å². The number of urea groups is 1. The Balaban J connectivity index is 1.89. The number of carboxylic acids is 1. The molecule has 110 valence electrons.